The first kappa shape index (κ1) is 14.3. The van der Waals surface area contributed by atoms with E-state index in [-0.39, 0.29) is 0 Å². The van der Waals surface area contributed by atoms with Gasteiger partial charge >= 0.3 is 0 Å². The minimum atomic E-state index is 0.460. The number of nitrogens with two attached hydrogens (primary N) is 1. The highest BCUT2D eigenvalue weighted by Gasteiger charge is 2.22. The number of fused-ring (bicyclic) bond motifs is 1. The monoisotopic (exact) mass is 301 g/mol. The van der Waals surface area contributed by atoms with Gasteiger partial charge in [-0.1, -0.05) is 24.3 Å². The molecule has 0 radical (unpaired) electrons. The topological polar surface area (TPSA) is 44.5 Å². The number of methoxy groups -OCH3 is 1. The zero-order valence-electron chi connectivity index (χ0n) is 12.0. The molecule has 1 atom stereocenters. The van der Waals surface area contributed by atoms with Crippen LogP contribution in [0, 0.1) is 0 Å². The Morgan fingerprint density at radius 1 is 1.19 bits per heavy atom. The highest BCUT2D eigenvalue weighted by Crippen LogP contribution is 2.37. The summed E-state index contributed by atoms with van der Waals surface area (Å²) in [4.78, 5) is 1.37. The SMILES string of the molecule is COc1cc(CN)ccc1OCC1Cc2ccccc2S1. The third-order valence-corrected chi connectivity index (χ3v) is 4.89. The summed E-state index contributed by atoms with van der Waals surface area (Å²) < 4.78 is 11.3. The average Bonchev–Trinajstić information content (AvgIpc) is 2.95. The summed E-state index contributed by atoms with van der Waals surface area (Å²) in [5.74, 6) is 1.53. The van der Waals surface area contributed by atoms with E-state index in [1.54, 1.807) is 7.11 Å². The summed E-state index contributed by atoms with van der Waals surface area (Å²) >= 11 is 1.89. The molecule has 4 heteroatoms. The lowest BCUT2D eigenvalue weighted by molar-refractivity contribution is 0.294. The molecule has 1 heterocycles. The van der Waals surface area contributed by atoms with E-state index >= 15 is 0 Å². The van der Waals surface area contributed by atoms with Crippen LogP contribution >= 0.6 is 11.8 Å². The van der Waals surface area contributed by atoms with Crippen molar-refractivity contribution in [2.45, 2.75) is 23.1 Å². The second-order valence-electron chi connectivity index (χ2n) is 5.05. The van der Waals surface area contributed by atoms with Crippen LogP contribution in [0.2, 0.25) is 0 Å². The van der Waals surface area contributed by atoms with Gasteiger partial charge in [0.1, 0.15) is 6.61 Å². The molecule has 0 saturated heterocycles. The van der Waals surface area contributed by atoms with E-state index in [4.69, 9.17) is 15.2 Å². The minimum absolute atomic E-state index is 0.460. The van der Waals surface area contributed by atoms with E-state index in [2.05, 4.69) is 24.3 Å². The third-order valence-electron chi connectivity index (χ3n) is 3.60. The Morgan fingerprint density at radius 3 is 2.81 bits per heavy atom. The molecule has 3 rings (SSSR count). The Kier molecular flexibility index (Phi) is 4.36. The van der Waals surface area contributed by atoms with Crippen LogP contribution < -0.4 is 15.2 Å². The van der Waals surface area contributed by atoms with Gasteiger partial charge in [-0.3, -0.25) is 0 Å². The van der Waals surface area contributed by atoms with Gasteiger partial charge in [0, 0.05) is 16.7 Å². The highest BCUT2D eigenvalue weighted by atomic mass is 32.2. The van der Waals surface area contributed by atoms with Crippen molar-refractivity contribution in [2.24, 2.45) is 5.73 Å². The predicted molar refractivity (Wildman–Crippen MR) is 86.2 cm³/mol. The molecule has 0 spiro atoms. The lowest BCUT2D eigenvalue weighted by Gasteiger charge is -2.14. The van der Waals surface area contributed by atoms with Crippen molar-refractivity contribution in [3.8, 4) is 11.5 Å². The van der Waals surface area contributed by atoms with E-state index in [0.717, 1.165) is 23.5 Å². The number of rotatable bonds is 5. The summed E-state index contributed by atoms with van der Waals surface area (Å²) in [5, 5.41) is 0.460. The van der Waals surface area contributed by atoms with Crippen LogP contribution in [-0.4, -0.2) is 19.0 Å². The molecule has 1 aliphatic rings. The molecule has 0 saturated carbocycles. The zero-order valence-corrected chi connectivity index (χ0v) is 12.9. The van der Waals surface area contributed by atoms with Gasteiger partial charge in [0.2, 0.25) is 0 Å². The summed E-state index contributed by atoms with van der Waals surface area (Å²) in [7, 11) is 1.66. The largest absolute Gasteiger partial charge is 0.493 e. The van der Waals surface area contributed by atoms with E-state index < -0.39 is 0 Å². The predicted octanol–water partition coefficient (Wildman–Crippen LogP) is 3.25. The maximum Gasteiger partial charge on any atom is 0.161 e. The summed E-state index contributed by atoms with van der Waals surface area (Å²) in [6.07, 6.45) is 1.06. The van der Waals surface area contributed by atoms with Crippen LogP contribution in [0.5, 0.6) is 11.5 Å². The van der Waals surface area contributed by atoms with E-state index in [1.165, 1.54) is 10.5 Å². The molecule has 2 aromatic rings. The average molecular weight is 301 g/mol. The number of thioether (sulfide) groups is 1. The van der Waals surface area contributed by atoms with Gasteiger partial charge < -0.3 is 15.2 Å². The van der Waals surface area contributed by atoms with Crippen LogP contribution in [0.25, 0.3) is 0 Å². The van der Waals surface area contributed by atoms with Crippen molar-refractivity contribution >= 4 is 11.8 Å². The molecule has 0 bridgehead atoms. The molecule has 0 fully saturated rings. The fourth-order valence-electron chi connectivity index (χ4n) is 2.49. The van der Waals surface area contributed by atoms with Crippen molar-refractivity contribution < 1.29 is 9.47 Å². The molecule has 0 aliphatic carbocycles. The van der Waals surface area contributed by atoms with Crippen molar-refractivity contribution in [1.29, 1.82) is 0 Å². The second kappa shape index (κ2) is 6.41. The summed E-state index contributed by atoms with van der Waals surface area (Å²) in [6, 6.07) is 14.4. The van der Waals surface area contributed by atoms with Gasteiger partial charge in [0.25, 0.3) is 0 Å². The minimum Gasteiger partial charge on any atom is -0.493 e. The van der Waals surface area contributed by atoms with Crippen molar-refractivity contribution in [2.75, 3.05) is 13.7 Å². The van der Waals surface area contributed by atoms with Crippen LogP contribution in [0.1, 0.15) is 11.1 Å². The highest BCUT2D eigenvalue weighted by molar-refractivity contribution is 8.00. The van der Waals surface area contributed by atoms with Crippen LogP contribution in [-0.2, 0) is 13.0 Å². The first-order chi connectivity index (χ1) is 10.3. The quantitative estimate of drug-likeness (QED) is 0.921. The van der Waals surface area contributed by atoms with Crippen LogP contribution in [0.15, 0.2) is 47.4 Å². The van der Waals surface area contributed by atoms with Crippen LogP contribution in [0.4, 0.5) is 0 Å². The van der Waals surface area contributed by atoms with Gasteiger partial charge in [0.05, 0.1) is 7.11 Å². The molecular formula is C17H19NO2S. The molecule has 0 amide bonds. The lowest BCUT2D eigenvalue weighted by Crippen LogP contribution is -2.14. The first-order valence-electron chi connectivity index (χ1n) is 7.04. The Labute approximate surface area is 129 Å². The van der Waals surface area contributed by atoms with Gasteiger partial charge in [0.15, 0.2) is 11.5 Å². The Balaban J connectivity index is 1.64. The molecule has 1 aliphatic heterocycles. The zero-order chi connectivity index (χ0) is 14.7. The molecule has 2 N–H and O–H groups in total. The van der Waals surface area contributed by atoms with Gasteiger partial charge in [-0.05, 0) is 35.7 Å². The maximum absolute atomic E-state index is 5.96. The Hall–Kier alpha value is -1.65. The van der Waals surface area contributed by atoms with Crippen molar-refractivity contribution in [3.05, 3.63) is 53.6 Å². The van der Waals surface area contributed by atoms with E-state index in [0.29, 0.717) is 18.4 Å². The molecule has 2 aromatic carbocycles. The van der Waals surface area contributed by atoms with Gasteiger partial charge in [-0.25, -0.2) is 0 Å². The molecule has 21 heavy (non-hydrogen) atoms. The van der Waals surface area contributed by atoms with Crippen molar-refractivity contribution in [3.63, 3.8) is 0 Å². The molecule has 0 aromatic heterocycles. The number of ether oxygens (including phenoxy) is 2. The Morgan fingerprint density at radius 2 is 2.05 bits per heavy atom. The van der Waals surface area contributed by atoms with Gasteiger partial charge in [-0.15, -0.1) is 11.8 Å². The van der Waals surface area contributed by atoms with E-state index in [9.17, 15) is 0 Å². The number of hydrogen-bond acceptors (Lipinski definition) is 4. The standard InChI is InChI=1S/C17H19NO2S/c1-19-16-8-12(10-18)6-7-15(16)20-11-14-9-13-4-2-3-5-17(13)21-14/h2-8,14H,9-11,18H2,1H3. The van der Waals surface area contributed by atoms with Crippen LogP contribution in [0.3, 0.4) is 0 Å². The molecule has 3 nitrogen and oxygen atoms in total. The first-order valence-corrected chi connectivity index (χ1v) is 7.92. The summed E-state index contributed by atoms with van der Waals surface area (Å²) in [6.45, 7) is 1.18. The van der Waals surface area contributed by atoms with Gasteiger partial charge in [-0.2, -0.15) is 0 Å². The Bertz CT molecular complexity index is 605. The maximum atomic E-state index is 5.96. The fraction of sp³-hybridized carbons (Fsp3) is 0.294. The molecular weight excluding hydrogens is 282 g/mol. The van der Waals surface area contributed by atoms with E-state index in [1.807, 2.05) is 30.0 Å². The molecule has 110 valence electrons. The van der Waals surface area contributed by atoms with Crippen molar-refractivity contribution in [1.82, 2.24) is 0 Å². The lowest BCUT2D eigenvalue weighted by atomic mass is 10.1. The smallest absolute Gasteiger partial charge is 0.161 e. The normalized spacial score (nSPS) is 16.6. The summed E-state index contributed by atoms with van der Waals surface area (Å²) in [5.41, 5.74) is 8.11. The number of hydrogen-bond donors (Lipinski definition) is 1. The third kappa shape index (κ3) is 3.17. The second-order valence-corrected chi connectivity index (χ2v) is 6.39. The molecule has 1 unspecified atom stereocenters. The number of benzene rings is 2. The fourth-order valence-corrected chi connectivity index (χ4v) is 3.71.